The van der Waals surface area contributed by atoms with Gasteiger partial charge in [-0.05, 0) is 51.0 Å². The molecule has 0 amide bonds. The van der Waals surface area contributed by atoms with E-state index < -0.39 is 0 Å². The van der Waals surface area contributed by atoms with Crippen molar-refractivity contribution in [1.82, 2.24) is 10.2 Å². The molecule has 4 heteroatoms. The SMILES string of the molecule is CN1CCCC(CNCC2COc3ccccc3O2)C1. The number of hydrogen-bond donors (Lipinski definition) is 1. The summed E-state index contributed by atoms with van der Waals surface area (Å²) in [6.07, 6.45) is 2.77. The van der Waals surface area contributed by atoms with E-state index >= 15 is 0 Å². The zero-order valence-corrected chi connectivity index (χ0v) is 12.2. The maximum absolute atomic E-state index is 5.94. The van der Waals surface area contributed by atoms with Crippen molar-refractivity contribution in [3.63, 3.8) is 0 Å². The van der Waals surface area contributed by atoms with Crippen molar-refractivity contribution in [2.45, 2.75) is 18.9 Å². The molecule has 0 aromatic heterocycles. The summed E-state index contributed by atoms with van der Waals surface area (Å²) < 4.78 is 11.7. The highest BCUT2D eigenvalue weighted by Crippen LogP contribution is 2.30. The molecule has 2 aliphatic heterocycles. The molecule has 0 saturated carbocycles. The summed E-state index contributed by atoms with van der Waals surface area (Å²) in [5.74, 6) is 2.49. The highest BCUT2D eigenvalue weighted by molar-refractivity contribution is 5.40. The molecule has 4 nitrogen and oxygen atoms in total. The molecule has 0 bridgehead atoms. The van der Waals surface area contributed by atoms with Gasteiger partial charge in [0.05, 0.1) is 0 Å². The van der Waals surface area contributed by atoms with Gasteiger partial charge < -0.3 is 19.7 Å². The van der Waals surface area contributed by atoms with Crippen LogP contribution in [0.1, 0.15) is 12.8 Å². The van der Waals surface area contributed by atoms with Gasteiger partial charge in [0.15, 0.2) is 11.5 Å². The van der Waals surface area contributed by atoms with Crippen LogP contribution in [0.15, 0.2) is 24.3 Å². The molecular weight excluding hydrogens is 252 g/mol. The molecule has 0 radical (unpaired) electrons. The maximum Gasteiger partial charge on any atom is 0.161 e. The summed E-state index contributed by atoms with van der Waals surface area (Å²) in [4.78, 5) is 2.42. The fraction of sp³-hybridized carbons (Fsp3) is 0.625. The number of likely N-dealkylation sites (tertiary alicyclic amines) is 1. The van der Waals surface area contributed by atoms with Gasteiger partial charge in [0.2, 0.25) is 0 Å². The van der Waals surface area contributed by atoms with Crippen LogP contribution >= 0.6 is 0 Å². The minimum atomic E-state index is 0.117. The van der Waals surface area contributed by atoms with Crippen LogP contribution in [0.2, 0.25) is 0 Å². The number of nitrogens with zero attached hydrogens (tertiary/aromatic N) is 1. The molecule has 3 rings (SSSR count). The number of ether oxygens (including phenoxy) is 2. The Hall–Kier alpha value is -1.26. The van der Waals surface area contributed by atoms with E-state index in [4.69, 9.17) is 9.47 Å². The van der Waals surface area contributed by atoms with Crippen LogP contribution in [-0.4, -0.2) is 50.8 Å². The number of para-hydroxylation sites is 2. The molecular formula is C16H24N2O2. The zero-order chi connectivity index (χ0) is 13.8. The molecule has 2 atom stereocenters. The topological polar surface area (TPSA) is 33.7 Å². The first-order chi connectivity index (χ1) is 9.81. The molecule has 1 aromatic rings. The van der Waals surface area contributed by atoms with Crippen molar-refractivity contribution in [1.29, 1.82) is 0 Å². The molecule has 110 valence electrons. The zero-order valence-electron chi connectivity index (χ0n) is 12.2. The smallest absolute Gasteiger partial charge is 0.161 e. The molecule has 2 unspecified atom stereocenters. The van der Waals surface area contributed by atoms with Crippen LogP contribution in [0.3, 0.4) is 0 Å². The summed E-state index contributed by atoms with van der Waals surface area (Å²) >= 11 is 0. The highest BCUT2D eigenvalue weighted by Gasteiger charge is 2.21. The lowest BCUT2D eigenvalue weighted by Gasteiger charge is -2.31. The van der Waals surface area contributed by atoms with Crippen LogP contribution in [-0.2, 0) is 0 Å². The van der Waals surface area contributed by atoms with E-state index in [0.717, 1.165) is 30.5 Å². The lowest BCUT2D eigenvalue weighted by Crippen LogP contribution is -2.42. The van der Waals surface area contributed by atoms with Gasteiger partial charge in [-0.2, -0.15) is 0 Å². The van der Waals surface area contributed by atoms with E-state index in [2.05, 4.69) is 17.3 Å². The van der Waals surface area contributed by atoms with Gasteiger partial charge in [-0.1, -0.05) is 12.1 Å². The van der Waals surface area contributed by atoms with Crippen LogP contribution in [0.25, 0.3) is 0 Å². The molecule has 1 fully saturated rings. The summed E-state index contributed by atoms with van der Waals surface area (Å²) in [6, 6.07) is 7.88. The van der Waals surface area contributed by atoms with E-state index in [-0.39, 0.29) is 6.10 Å². The van der Waals surface area contributed by atoms with Crippen LogP contribution < -0.4 is 14.8 Å². The Bertz CT molecular complexity index is 438. The van der Waals surface area contributed by atoms with E-state index in [0.29, 0.717) is 6.61 Å². The molecule has 0 aliphatic carbocycles. The van der Waals surface area contributed by atoms with E-state index in [1.807, 2.05) is 24.3 Å². The minimum Gasteiger partial charge on any atom is -0.486 e. The summed E-state index contributed by atoms with van der Waals surface area (Å²) in [5, 5.41) is 3.54. The van der Waals surface area contributed by atoms with E-state index in [1.165, 1.54) is 25.9 Å². The van der Waals surface area contributed by atoms with E-state index in [9.17, 15) is 0 Å². The lowest BCUT2D eigenvalue weighted by molar-refractivity contribution is 0.0883. The number of benzene rings is 1. The number of rotatable bonds is 4. The first-order valence-corrected chi connectivity index (χ1v) is 7.59. The second kappa shape index (κ2) is 6.46. The van der Waals surface area contributed by atoms with Crippen molar-refractivity contribution in [2.75, 3.05) is 39.8 Å². The van der Waals surface area contributed by atoms with Crippen molar-refractivity contribution >= 4 is 0 Å². The molecule has 2 aliphatic rings. The Kier molecular flexibility index (Phi) is 4.43. The highest BCUT2D eigenvalue weighted by atomic mass is 16.6. The van der Waals surface area contributed by atoms with Crippen LogP contribution in [0, 0.1) is 5.92 Å². The van der Waals surface area contributed by atoms with Crippen LogP contribution in [0.5, 0.6) is 11.5 Å². The van der Waals surface area contributed by atoms with Crippen molar-refractivity contribution < 1.29 is 9.47 Å². The molecule has 1 aromatic carbocycles. The third-order valence-corrected chi connectivity index (χ3v) is 4.09. The fourth-order valence-corrected chi connectivity index (χ4v) is 3.05. The summed E-state index contributed by atoms with van der Waals surface area (Å²) in [7, 11) is 2.21. The Morgan fingerprint density at radius 1 is 1.25 bits per heavy atom. The predicted octanol–water partition coefficient (Wildman–Crippen LogP) is 1.76. The standard InChI is InChI=1S/C16H24N2O2/c1-18-8-4-5-13(11-18)9-17-10-14-12-19-15-6-2-3-7-16(15)20-14/h2-3,6-7,13-14,17H,4-5,8-12H2,1H3. The van der Waals surface area contributed by atoms with Crippen molar-refractivity contribution in [3.8, 4) is 11.5 Å². The van der Waals surface area contributed by atoms with Gasteiger partial charge in [0.25, 0.3) is 0 Å². The molecule has 20 heavy (non-hydrogen) atoms. The molecule has 0 spiro atoms. The largest absolute Gasteiger partial charge is 0.486 e. The first kappa shape index (κ1) is 13.7. The first-order valence-electron chi connectivity index (χ1n) is 7.59. The van der Waals surface area contributed by atoms with Crippen LogP contribution in [0.4, 0.5) is 0 Å². The lowest BCUT2D eigenvalue weighted by atomic mass is 9.98. The van der Waals surface area contributed by atoms with Crippen molar-refractivity contribution in [3.05, 3.63) is 24.3 Å². The van der Waals surface area contributed by atoms with Gasteiger partial charge in [-0.3, -0.25) is 0 Å². The average molecular weight is 276 g/mol. The number of hydrogen-bond acceptors (Lipinski definition) is 4. The number of nitrogens with one attached hydrogen (secondary N) is 1. The summed E-state index contributed by atoms with van der Waals surface area (Å²) in [5.41, 5.74) is 0. The Morgan fingerprint density at radius 3 is 2.95 bits per heavy atom. The molecule has 1 N–H and O–H groups in total. The van der Waals surface area contributed by atoms with E-state index in [1.54, 1.807) is 0 Å². The van der Waals surface area contributed by atoms with Gasteiger partial charge in [-0.15, -0.1) is 0 Å². The Labute approximate surface area is 121 Å². The fourth-order valence-electron chi connectivity index (χ4n) is 3.05. The monoisotopic (exact) mass is 276 g/mol. The molecule has 1 saturated heterocycles. The third kappa shape index (κ3) is 3.44. The van der Waals surface area contributed by atoms with Crippen molar-refractivity contribution in [2.24, 2.45) is 5.92 Å². The second-order valence-electron chi connectivity index (χ2n) is 5.93. The van der Waals surface area contributed by atoms with Gasteiger partial charge in [-0.25, -0.2) is 0 Å². The Morgan fingerprint density at radius 2 is 2.10 bits per heavy atom. The quantitative estimate of drug-likeness (QED) is 0.908. The number of fused-ring (bicyclic) bond motifs is 1. The van der Waals surface area contributed by atoms with Gasteiger partial charge in [0.1, 0.15) is 12.7 Å². The minimum absolute atomic E-state index is 0.117. The number of piperidine rings is 1. The van der Waals surface area contributed by atoms with Gasteiger partial charge in [0, 0.05) is 13.1 Å². The normalized spacial score (nSPS) is 26.4. The van der Waals surface area contributed by atoms with Gasteiger partial charge >= 0.3 is 0 Å². The predicted molar refractivity (Wildman–Crippen MR) is 79.4 cm³/mol. The second-order valence-corrected chi connectivity index (χ2v) is 5.93. The third-order valence-electron chi connectivity index (χ3n) is 4.09. The summed E-state index contributed by atoms with van der Waals surface area (Å²) in [6.45, 7) is 5.01. The Balaban J connectivity index is 1.41. The maximum atomic E-state index is 5.94. The molecule has 2 heterocycles. The average Bonchev–Trinajstić information content (AvgIpc) is 2.47.